The maximum absolute atomic E-state index is 13.1. The van der Waals surface area contributed by atoms with Crippen LogP contribution in [0.3, 0.4) is 0 Å². The molecule has 1 aliphatic rings. The fourth-order valence-corrected chi connectivity index (χ4v) is 5.40. The van der Waals surface area contributed by atoms with Crippen LogP contribution < -0.4 is 5.32 Å². The summed E-state index contributed by atoms with van der Waals surface area (Å²) in [5, 5.41) is 2.95. The Labute approximate surface area is 183 Å². The lowest BCUT2D eigenvalue weighted by molar-refractivity contribution is 0.102. The highest BCUT2D eigenvalue weighted by Crippen LogP contribution is 2.27. The average molecular weight is 435 g/mol. The molecule has 1 aliphatic heterocycles. The van der Waals surface area contributed by atoms with Gasteiger partial charge in [0.15, 0.2) is 0 Å². The van der Waals surface area contributed by atoms with Crippen LogP contribution in [0.5, 0.6) is 0 Å². The molecule has 0 unspecified atom stereocenters. The number of hydrogen-bond acceptors (Lipinski definition) is 3. The van der Waals surface area contributed by atoms with E-state index in [9.17, 15) is 13.2 Å². The van der Waals surface area contributed by atoms with Crippen molar-refractivity contribution in [2.75, 3.05) is 11.9 Å². The number of carbonyl (C=O) groups excluding carboxylic acids is 1. The summed E-state index contributed by atoms with van der Waals surface area (Å²) in [4.78, 5) is 13.0. The predicted octanol–water partition coefficient (Wildman–Crippen LogP) is 4.61. The second-order valence-electron chi connectivity index (χ2n) is 8.22. The summed E-state index contributed by atoms with van der Waals surface area (Å²) < 4.78 is 27.7. The van der Waals surface area contributed by atoms with Gasteiger partial charge in [0.2, 0.25) is 10.0 Å². The highest BCUT2D eigenvalue weighted by atomic mass is 32.2. The molecule has 0 aliphatic carbocycles. The van der Waals surface area contributed by atoms with Crippen LogP contribution in [0.2, 0.25) is 0 Å². The van der Waals surface area contributed by atoms with Crippen molar-refractivity contribution >= 4 is 21.6 Å². The van der Waals surface area contributed by atoms with Crippen LogP contribution in [-0.2, 0) is 23.0 Å². The molecule has 0 saturated heterocycles. The van der Waals surface area contributed by atoms with E-state index in [0.29, 0.717) is 35.7 Å². The van der Waals surface area contributed by atoms with Crippen LogP contribution in [-0.4, -0.2) is 25.2 Å². The number of benzene rings is 3. The molecule has 3 aromatic carbocycles. The Bertz CT molecular complexity index is 1230. The highest BCUT2D eigenvalue weighted by molar-refractivity contribution is 7.89. The summed E-state index contributed by atoms with van der Waals surface area (Å²) in [5.74, 6) is -0.174. The molecule has 6 heteroatoms. The Morgan fingerprint density at radius 1 is 0.839 bits per heavy atom. The fourth-order valence-electron chi connectivity index (χ4n) is 3.98. The molecule has 0 spiro atoms. The van der Waals surface area contributed by atoms with Crippen LogP contribution >= 0.6 is 0 Å². The van der Waals surface area contributed by atoms with Crippen LogP contribution in [0.1, 0.15) is 38.2 Å². The second-order valence-corrected chi connectivity index (χ2v) is 10.2. The van der Waals surface area contributed by atoms with Gasteiger partial charge in [0, 0.05) is 24.3 Å². The fraction of sp³-hybridized carbons (Fsp3) is 0.240. The molecule has 0 radical (unpaired) electrons. The van der Waals surface area contributed by atoms with Crippen LogP contribution in [0.4, 0.5) is 5.69 Å². The van der Waals surface area contributed by atoms with E-state index in [1.807, 2.05) is 69.3 Å². The van der Waals surface area contributed by atoms with Gasteiger partial charge >= 0.3 is 0 Å². The molecule has 1 N–H and O–H groups in total. The quantitative estimate of drug-likeness (QED) is 0.652. The Balaban J connectivity index is 1.55. The number of anilines is 1. The van der Waals surface area contributed by atoms with Gasteiger partial charge < -0.3 is 5.32 Å². The molecule has 0 bridgehead atoms. The molecule has 4 rings (SSSR count). The third-order valence-corrected chi connectivity index (χ3v) is 7.44. The molecule has 0 saturated carbocycles. The molecular formula is C25H26N2O3S. The Morgan fingerprint density at radius 3 is 2.19 bits per heavy atom. The first-order valence-electron chi connectivity index (χ1n) is 10.3. The first kappa shape index (κ1) is 21.3. The first-order chi connectivity index (χ1) is 14.7. The van der Waals surface area contributed by atoms with Crippen LogP contribution in [0, 0.1) is 20.8 Å². The van der Waals surface area contributed by atoms with Gasteiger partial charge in [-0.1, -0.05) is 41.0 Å². The number of aryl methyl sites for hydroxylation is 3. The zero-order valence-electron chi connectivity index (χ0n) is 18.0. The lowest BCUT2D eigenvalue weighted by atomic mass is 10.0. The van der Waals surface area contributed by atoms with E-state index in [1.165, 1.54) is 4.31 Å². The van der Waals surface area contributed by atoms with Crippen molar-refractivity contribution < 1.29 is 13.2 Å². The second kappa shape index (κ2) is 8.29. The van der Waals surface area contributed by atoms with E-state index < -0.39 is 10.0 Å². The molecule has 0 fully saturated rings. The molecule has 0 atom stereocenters. The van der Waals surface area contributed by atoms with Crippen molar-refractivity contribution in [3.63, 3.8) is 0 Å². The smallest absolute Gasteiger partial charge is 0.255 e. The number of carbonyl (C=O) groups is 1. The van der Waals surface area contributed by atoms with Gasteiger partial charge in [0.05, 0.1) is 4.90 Å². The van der Waals surface area contributed by atoms with E-state index in [2.05, 4.69) is 5.32 Å². The predicted molar refractivity (Wildman–Crippen MR) is 123 cm³/mol. The van der Waals surface area contributed by atoms with E-state index in [0.717, 1.165) is 27.8 Å². The summed E-state index contributed by atoms with van der Waals surface area (Å²) >= 11 is 0. The van der Waals surface area contributed by atoms with Crippen LogP contribution in [0.15, 0.2) is 65.6 Å². The Morgan fingerprint density at radius 2 is 1.52 bits per heavy atom. The van der Waals surface area contributed by atoms with E-state index in [-0.39, 0.29) is 5.91 Å². The zero-order chi connectivity index (χ0) is 22.2. The van der Waals surface area contributed by atoms with Crippen molar-refractivity contribution in [1.82, 2.24) is 4.31 Å². The van der Waals surface area contributed by atoms with Gasteiger partial charge in [-0.3, -0.25) is 4.79 Å². The molecular weight excluding hydrogens is 408 g/mol. The molecule has 5 nitrogen and oxygen atoms in total. The summed E-state index contributed by atoms with van der Waals surface area (Å²) in [6.07, 6.45) is 0.645. The van der Waals surface area contributed by atoms with Crippen molar-refractivity contribution in [2.45, 2.75) is 38.6 Å². The van der Waals surface area contributed by atoms with Gasteiger partial charge in [0.1, 0.15) is 0 Å². The summed E-state index contributed by atoms with van der Waals surface area (Å²) in [6.45, 7) is 6.59. The van der Waals surface area contributed by atoms with E-state index >= 15 is 0 Å². The average Bonchev–Trinajstić information content (AvgIpc) is 2.73. The Kier molecular flexibility index (Phi) is 5.69. The largest absolute Gasteiger partial charge is 0.322 e. The van der Waals surface area contributed by atoms with Crippen LogP contribution in [0.25, 0.3) is 0 Å². The van der Waals surface area contributed by atoms with Gasteiger partial charge in [-0.15, -0.1) is 0 Å². The number of hydrogen-bond donors (Lipinski definition) is 1. The number of nitrogens with one attached hydrogen (secondary N) is 1. The molecule has 160 valence electrons. The van der Waals surface area contributed by atoms with Crippen molar-refractivity contribution in [2.24, 2.45) is 0 Å². The maximum Gasteiger partial charge on any atom is 0.255 e. The normalized spacial score (nSPS) is 14.2. The third-order valence-electron chi connectivity index (χ3n) is 5.58. The van der Waals surface area contributed by atoms with Crippen molar-refractivity contribution in [3.8, 4) is 0 Å². The van der Waals surface area contributed by atoms with E-state index in [4.69, 9.17) is 0 Å². The summed E-state index contributed by atoms with van der Waals surface area (Å²) in [7, 11) is -3.56. The number of amides is 1. The minimum Gasteiger partial charge on any atom is -0.322 e. The highest BCUT2D eigenvalue weighted by Gasteiger charge is 2.28. The number of sulfonamides is 1. The minimum atomic E-state index is -3.56. The summed E-state index contributed by atoms with van der Waals surface area (Å²) in [5.41, 5.74) is 6.39. The van der Waals surface area contributed by atoms with Gasteiger partial charge in [-0.05, 0) is 74.7 Å². The standard InChI is InChI=1S/C25H26N2O3S/c1-17-4-8-24(9-5-17)31(29,30)27-11-10-20-6-7-23(15-22(20)16-27)26-25(28)21-13-18(2)12-19(3)14-21/h4-9,12-15H,10-11,16H2,1-3H3,(H,26,28). The molecule has 0 aromatic heterocycles. The number of nitrogens with zero attached hydrogens (tertiary/aromatic N) is 1. The number of fused-ring (bicyclic) bond motifs is 1. The summed E-state index contributed by atoms with van der Waals surface area (Å²) in [6, 6.07) is 18.4. The van der Waals surface area contributed by atoms with Gasteiger partial charge in [0.25, 0.3) is 5.91 Å². The molecule has 1 heterocycles. The molecule has 3 aromatic rings. The maximum atomic E-state index is 13.1. The molecule has 31 heavy (non-hydrogen) atoms. The topological polar surface area (TPSA) is 66.5 Å². The van der Waals surface area contributed by atoms with Gasteiger partial charge in [-0.25, -0.2) is 8.42 Å². The lowest BCUT2D eigenvalue weighted by Crippen LogP contribution is -2.36. The minimum absolute atomic E-state index is 0.174. The Hall–Kier alpha value is -2.96. The van der Waals surface area contributed by atoms with Crippen molar-refractivity contribution in [1.29, 1.82) is 0 Å². The van der Waals surface area contributed by atoms with Gasteiger partial charge in [-0.2, -0.15) is 4.31 Å². The third kappa shape index (κ3) is 4.55. The molecule has 1 amide bonds. The van der Waals surface area contributed by atoms with Crippen molar-refractivity contribution in [3.05, 3.63) is 94.0 Å². The zero-order valence-corrected chi connectivity index (χ0v) is 18.8. The SMILES string of the molecule is Cc1ccc(S(=O)(=O)N2CCc3ccc(NC(=O)c4cc(C)cc(C)c4)cc3C2)cc1. The number of rotatable bonds is 4. The van der Waals surface area contributed by atoms with E-state index in [1.54, 1.807) is 12.1 Å². The lowest BCUT2D eigenvalue weighted by Gasteiger charge is -2.28. The first-order valence-corrected chi connectivity index (χ1v) is 11.7. The monoisotopic (exact) mass is 434 g/mol.